The molecule has 0 saturated carbocycles. The Morgan fingerprint density at radius 2 is 2.00 bits per heavy atom. The van der Waals surface area contributed by atoms with Crippen molar-refractivity contribution in [1.29, 1.82) is 0 Å². The standard InChI is InChI=1S/C8H8NO/c1-2-3-8-4-6-9(10)7-5-8/h4-7,10H,1H3/q+1. The summed E-state index contributed by atoms with van der Waals surface area (Å²) in [5.41, 5.74) is 0.910. The minimum atomic E-state index is 0.910. The van der Waals surface area contributed by atoms with Crippen LogP contribution in [0.2, 0.25) is 0 Å². The van der Waals surface area contributed by atoms with E-state index in [1.165, 1.54) is 0 Å². The Bertz CT molecular complexity index is 266. The normalized spacial score (nSPS) is 8.10. The summed E-state index contributed by atoms with van der Waals surface area (Å²) in [6.07, 6.45) is 3.08. The first-order valence-electron chi connectivity index (χ1n) is 2.96. The number of aromatic nitrogens is 1. The van der Waals surface area contributed by atoms with Crippen LogP contribution in [0, 0.1) is 11.8 Å². The molecule has 1 heterocycles. The van der Waals surface area contributed by atoms with Crippen LogP contribution in [0.4, 0.5) is 0 Å². The zero-order valence-electron chi connectivity index (χ0n) is 5.70. The summed E-state index contributed by atoms with van der Waals surface area (Å²) < 4.78 is 0.987. The van der Waals surface area contributed by atoms with E-state index in [2.05, 4.69) is 11.8 Å². The van der Waals surface area contributed by atoms with E-state index in [0.29, 0.717) is 0 Å². The van der Waals surface area contributed by atoms with Gasteiger partial charge >= 0.3 is 0 Å². The fraction of sp³-hybridized carbons (Fsp3) is 0.125. The summed E-state index contributed by atoms with van der Waals surface area (Å²) in [5.74, 6) is 5.62. The van der Waals surface area contributed by atoms with Crippen LogP contribution in [0.15, 0.2) is 24.5 Å². The summed E-state index contributed by atoms with van der Waals surface area (Å²) in [6.45, 7) is 1.78. The molecule has 0 aliphatic carbocycles. The average Bonchev–Trinajstić information content (AvgIpc) is 1.95. The molecule has 0 aliphatic heterocycles. The van der Waals surface area contributed by atoms with E-state index in [1.54, 1.807) is 31.5 Å². The molecule has 0 fully saturated rings. The Morgan fingerprint density at radius 3 is 2.50 bits per heavy atom. The quantitative estimate of drug-likeness (QED) is 0.313. The van der Waals surface area contributed by atoms with E-state index in [-0.39, 0.29) is 0 Å². The van der Waals surface area contributed by atoms with Crippen molar-refractivity contribution in [1.82, 2.24) is 0 Å². The molecular weight excluding hydrogens is 126 g/mol. The summed E-state index contributed by atoms with van der Waals surface area (Å²) in [7, 11) is 0. The first-order valence-corrected chi connectivity index (χ1v) is 2.96. The molecule has 0 spiro atoms. The van der Waals surface area contributed by atoms with Gasteiger partial charge in [-0.2, -0.15) is 0 Å². The van der Waals surface area contributed by atoms with Crippen LogP contribution in [0.5, 0.6) is 0 Å². The van der Waals surface area contributed by atoms with E-state index in [1.807, 2.05) is 0 Å². The number of nitrogens with zero attached hydrogens (tertiary/aromatic N) is 1. The SMILES string of the molecule is CC#Cc1cc[n+](O)cc1. The zero-order chi connectivity index (χ0) is 7.40. The minimum absolute atomic E-state index is 0.910. The third kappa shape index (κ3) is 1.49. The van der Waals surface area contributed by atoms with Gasteiger partial charge in [0, 0.05) is 22.4 Å². The third-order valence-electron chi connectivity index (χ3n) is 1.08. The predicted molar refractivity (Wildman–Crippen MR) is 36.4 cm³/mol. The Balaban J connectivity index is 2.97. The van der Waals surface area contributed by atoms with Crippen LogP contribution in [0.1, 0.15) is 12.5 Å². The van der Waals surface area contributed by atoms with Crippen LogP contribution in [0.3, 0.4) is 0 Å². The van der Waals surface area contributed by atoms with Gasteiger partial charge in [-0.1, -0.05) is 5.92 Å². The fourth-order valence-electron chi connectivity index (χ4n) is 0.646. The molecule has 0 amide bonds. The number of hydrogen-bond acceptors (Lipinski definition) is 1. The van der Waals surface area contributed by atoms with Gasteiger partial charge in [-0.05, 0) is 6.92 Å². The van der Waals surface area contributed by atoms with E-state index in [9.17, 15) is 0 Å². The van der Waals surface area contributed by atoms with E-state index < -0.39 is 0 Å². The second-order valence-electron chi connectivity index (χ2n) is 1.84. The van der Waals surface area contributed by atoms with Gasteiger partial charge in [-0.3, -0.25) is 5.21 Å². The zero-order valence-corrected chi connectivity index (χ0v) is 5.70. The highest BCUT2D eigenvalue weighted by molar-refractivity contribution is 5.30. The Morgan fingerprint density at radius 1 is 1.40 bits per heavy atom. The summed E-state index contributed by atoms with van der Waals surface area (Å²) in [6, 6.07) is 3.49. The van der Waals surface area contributed by atoms with E-state index >= 15 is 0 Å². The molecule has 1 rings (SSSR count). The van der Waals surface area contributed by atoms with Crippen molar-refractivity contribution < 1.29 is 9.94 Å². The fourth-order valence-corrected chi connectivity index (χ4v) is 0.646. The molecule has 10 heavy (non-hydrogen) atoms. The van der Waals surface area contributed by atoms with Crippen molar-refractivity contribution >= 4 is 0 Å². The molecule has 2 heteroatoms. The molecule has 0 bridgehead atoms. The highest BCUT2D eigenvalue weighted by atomic mass is 16.5. The van der Waals surface area contributed by atoms with Crippen molar-refractivity contribution in [3.05, 3.63) is 30.1 Å². The molecule has 0 radical (unpaired) electrons. The predicted octanol–water partition coefficient (Wildman–Crippen LogP) is 0.583. The lowest BCUT2D eigenvalue weighted by molar-refractivity contribution is -0.904. The summed E-state index contributed by atoms with van der Waals surface area (Å²) in [4.78, 5) is 0. The van der Waals surface area contributed by atoms with Crippen LogP contribution in [-0.4, -0.2) is 5.21 Å². The molecule has 2 nitrogen and oxygen atoms in total. The van der Waals surface area contributed by atoms with Crippen molar-refractivity contribution in [2.75, 3.05) is 0 Å². The maximum absolute atomic E-state index is 8.79. The van der Waals surface area contributed by atoms with Crippen LogP contribution < -0.4 is 4.73 Å². The highest BCUT2D eigenvalue weighted by Crippen LogP contribution is 1.89. The molecule has 50 valence electrons. The lowest BCUT2D eigenvalue weighted by Gasteiger charge is -1.83. The molecule has 0 aromatic carbocycles. The second-order valence-corrected chi connectivity index (χ2v) is 1.84. The first-order chi connectivity index (χ1) is 4.83. The van der Waals surface area contributed by atoms with Gasteiger partial charge < -0.3 is 0 Å². The van der Waals surface area contributed by atoms with Crippen LogP contribution >= 0.6 is 0 Å². The van der Waals surface area contributed by atoms with Crippen molar-refractivity contribution in [2.24, 2.45) is 0 Å². The molecule has 1 N–H and O–H groups in total. The Labute approximate surface area is 59.7 Å². The largest absolute Gasteiger partial charge is 0.285 e. The van der Waals surface area contributed by atoms with Gasteiger partial charge in [-0.15, -0.1) is 5.92 Å². The second kappa shape index (κ2) is 2.88. The molecular formula is C8H8NO+. The number of hydrogen-bond donors (Lipinski definition) is 1. The smallest absolute Gasteiger partial charge is 0.223 e. The highest BCUT2D eigenvalue weighted by Gasteiger charge is 1.92. The molecule has 0 saturated heterocycles. The van der Waals surface area contributed by atoms with Crippen LogP contribution in [-0.2, 0) is 0 Å². The maximum atomic E-state index is 8.79. The first kappa shape index (κ1) is 6.63. The number of pyridine rings is 1. The monoisotopic (exact) mass is 134 g/mol. The Hall–Kier alpha value is -1.49. The van der Waals surface area contributed by atoms with Gasteiger partial charge in [-0.25, -0.2) is 0 Å². The van der Waals surface area contributed by atoms with Gasteiger partial charge in [0.2, 0.25) is 12.4 Å². The van der Waals surface area contributed by atoms with E-state index in [0.717, 1.165) is 10.3 Å². The Kier molecular flexibility index (Phi) is 1.91. The molecule has 0 unspecified atom stereocenters. The van der Waals surface area contributed by atoms with Gasteiger partial charge in [0.15, 0.2) is 0 Å². The number of rotatable bonds is 0. The van der Waals surface area contributed by atoms with Crippen molar-refractivity contribution in [3.8, 4) is 11.8 Å². The average molecular weight is 134 g/mol. The third-order valence-corrected chi connectivity index (χ3v) is 1.08. The van der Waals surface area contributed by atoms with E-state index in [4.69, 9.17) is 5.21 Å². The van der Waals surface area contributed by atoms with Gasteiger partial charge in [0.25, 0.3) is 0 Å². The minimum Gasteiger partial charge on any atom is -0.285 e. The van der Waals surface area contributed by atoms with Crippen molar-refractivity contribution in [2.45, 2.75) is 6.92 Å². The molecule has 0 aliphatic rings. The molecule has 1 aromatic heterocycles. The van der Waals surface area contributed by atoms with Crippen LogP contribution in [0.25, 0.3) is 0 Å². The van der Waals surface area contributed by atoms with Gasteiger partial charge in [0.05, 0.1) is 0 Å². The van der Waals surface area contributed by atoms with Gasteiger partial charge in [0.1, 0.15) is 0 Å². The summed E-state index contributed by atoms with van der Waals surface area (Å²) in [5, 5.41) is 8.79. The lowest BCUT2D eigenvalue weighted by atomic mass is 10.3. The topological polar surface area (TPSA) is 24.1 Å². The molecule has 0 atom stereocenters. The molecule has 1 aromatic rings. The summed E-state index contributed by atoms with van der Waals surface area (Å²) >= 11 is 0. The maximum Gasteiger partial charge on any atom is 0.223 e. The van der Waals surface area contributed by atoms with Crippen molar-refractivity contribution in [3.63, 3.8) is 0 Å². The lowest BCUT2D eigenvalue weighted by Crippen LogP contribution is -2.27.